The number of nitrogens with one attached hydrogen (secondary N) is 1. The van der Waals surface area contributed by atoms with Gasteiger partial charge in [-0.3, -0.25) is 4.79 Å². The molecule has 3 heteroatoms. The van der Waals surface area contributed by atoms with Crippen LogP contribution in [0.4, 0.5) is 5.69 Å². The smallest absolute Gasteiger partial charge is 0.252 e. The van der Waals surface area contributed by atoms with E-state index >= 15 is 0 Å². The molecule has 0 spiro atoms. The topological polar surface area (TPSA) is 55.1 Å². The Morgan fingerprint density at radius 3 is 2.40 bits per heavy atom. The molecule has 20 heavy (non-hydrogen) atoms. The third-order valence-corrected chi connectivity index (χ3v) is 3.55. The molecule has 1 atom stereocenters. The average Bonchev–Trinajstić information content (AvgIpc) is 2.42. The van der Waals surface area contributed by atoms with Crippen molar-refractivity contribution >= 4 is 11.6 Å². The maximum absolute atomic E-state index is 12.3. The monoisotopic (exact) mass is 268 g/mol. The summed E-state index contributed by atoms with van der Waals surface area (Å²) in [4.78, 5) is 12.3. The van der Waals surface area contributed by atoms with Crippen LogP contribution in [0.5, 0.6) is 0 Å². The fourth-order valence-corrected chi connectivity index (χ4v) is 2.11. The number of aryl methyl sites for hydroxylation is 1. The Hall–Kier alpha value is -2.29. The van der Waals surface area contributed by atoms with Crippen LogP contribution in [-0.4, -0.2) is 5.91 Å². The van der Waals surface area contributed by atoms with Crippen molar-refractivity contribution in [3.8, 4) is 0 Å². The van der Waals surface area contributed by atoms with Crippen LogP contribution >= 0.6 is 0 Å². The lowest BCUT2D eigenvalue weighted by molar-refractivity contribution is 0.0939. The molecular weight excluding hydrogens is 248 g/mol. The largest absolute Gasteiger partial charge is 0.398 e. The van der Waals surface area contributed by atoms with E-state index in [4.69, 9.17) is 5.73 Å². The van der Waals surface area contributed by atoms with Gasteiger partial charge in [-0.1, -0.05) is 35.9 Å². The minimum Gasteiger partial charge on any atom is -0.398 e. The summed E-state index contributed by atoms with van der Waals surface area (Å²) in [5, 5.41) is 3.01. The summed E-state index contributed by atoms with van der Waals surface area (Å²) < 4.78 is 0. The number of nitrogens with two attached hydrogens (primary N) is 1. The molecule has 3 nitrogen and oxygen atoms in total. The molecule has 104 valence electrons. The van der Waals surface area contributed by atoms with E-state index in [2.05, 4.69) is 5.32 Å². The van der Waals surface area contributed by atoms with Gasteiger partial charge in [0.1, 0.15) is 0 Å². The van der Waals surface area contributed by atoms with Crippen LogP contribution < -0.4 is 11.1 Å². The molecule has 3 N–H and O–H groups in total. The predicted octanol–water partition coefficient (Wildman–Crippen LogP) is 3.38. The number of carbonyl (C=O) groups is 1. The highest BCUT2D eigenvalue weighted by Crippen LogP contribution is 2.18. The Morgan fingerprint density at radius 2 is 1.75 bits per heavy atom. The van der Waals surface area contributed by atoms with E-state index in [-0.39, 0.29) is 11.9 Å². The van der Waals surface area contributed by atoms with Crippen molar-refractivity contribution in [3.05, 3.63) is 64.7 Å². The first kappa shape index (κ1) is 14.1. The lowest BCUT2D eigenvalue weighted by Gasteiger charge is -2.16. The summed E-state index contributed by atoms with van der Waals surface area (Å²) in [6.07, 6.45) is 0. The maximum atomic E-state index is 12.3. The van der Waals surface area contributed by atoms with Gasteiger partial charge in [0.25, 0.3) is 5.91 Å². The summed E-state index contributed by atoms with van der Waals surface area (Å²) in [6.45, 7) is 5.88. The summed E-state index contributed by atoms with van der Waals surface area (Å²) in [5.74, 6) is -0.0946. The van der Waals surface area contributed by atoms with Gasteiger partial charge < -0.3 is 11.1 Å². The first-order valence-electron chi connectivity index (χ1n) is 6.71. The van der Waals surface area contributed by atoms with E-state index in [9.17, 15) is 4.79 Å². The highest BCUT2D eigenvalue weighted by molar-refractivity contribution is 5.97. The maximum Gasteiger partial charge on any atom is 0.252 e. The molecule has 0 aliphatic rings. The van der Waals surface area contributed by atoms with Crippen LogP contribution in [0.2, 0.25) is 0 Å². The molecule has 0 saturated heterocycles. The van der Waals surface area contributed by atoms with Gasteiger partial charge in [-0.15, -0.1) is 0 Å². The van der Waals surface area contributed by atoms with Gasteiger partial charge in [0.05, 0.1) is 6.04 Å². The molecule has 0 bridgehead atoms. The highest BCUT2D eigenvalue weighted by Gasteiger charge is 2.14. The second kappa shape index (κ2) is 5.78. The molecule has 0 unspecified atom stereocenters. The Labute approximate surface area is 119 Å². The second-order valence-electron chi connectivity index (χ2n) is 5.13. The SMILES string of the molecule is Cc1ccc([C@@H](C)NC(=O)c2cccc(N)c2C)cc1. The van der Waals surface area contributed by atoms with Gasteiger partial charge in [0, 0.05) is 11.3 Å². The first-order chi connectivity index (χ1) is 9.49. The molecule has 2 rings (SSSR count). The number of benzene rings is 2. The number of hydrogen-bond donors (Lipinski definition) is 2. The van der Waals surface area contributed by atoms with Gasteiger partial charge in [0.2, 0.25) is 0 Å². The predicted molar refractivity (Wildman–Crippen MR) is 82.7 cm³/mol. The Bertz CT molecular complexity index is 617. The van der Waals surface area contributed by atoms with Crippen LogP contribution in [-0.2, 0) is 0 Å². The van der Waals surface area contributed by atoms with Crippen LogP contribution in [0.1, 0.15) is 40.0 Å². The van der Waals surface area contributed by atoms with Gasteiger partial charge in [-0.05, 0) is 44.0 Å². The lowest BCUT2D eigenvalue weighted by atomic mass is 10.0. The average molecular weight is 268 g/mol. The molecule has 0 aliphatic carbocycles. The Morgan fingerprint density at radius 1 is 1.10 bits per heavy atom. The van der Waals surface area contributed by atoms with E-state index in [1.165, 1.54) is 5.56 Å². The zero-order chi connectivity index (χ0) is 14.7. The highest BCUT2D eigenvalue weighted by atomic mass is 16.1. The van der Waals surface area contributed by atoms with Crippen molar-refractivity contribution < 1.29 is 4.79 Å². The Kier molecular flexibility index (Phi) is 4.08. The van der Waals surface area contributed by atoms with Crippen LogP contribution in [0, 0.1) is 13.8 Å². The molecule has 0 heterocycles. The van der Waals surface area contributed by atoms with Crippen LogP contribution in [0.3, 0.4) is 0 Å². The number of hydrogen-bond acceptors (Lipinski definition) is 2. The minimum atomic E-state index is -0.0946. The van der Waals surface area contributed by atoms with E-state index in [0.29, 0.717) is 11.3 Å². The molecule has 0 radical (unpaired) electrons. The van der Waals surface area contributed by atoms with Crippen molar-refractivity contribution in [1.82, 2.24) is 5.32 Å². The van der Waals surface area contributed by atoms with Crippen LogP contribution in [0.15, 0.2) is 42.5 Å². The van der Waals surface area contributed by atoms with E-state index in [0.717, 1.165) is 11.1 Å². The minimum absolute atomic E-state index is 0.0380. The first-order valence-corrected chi connectivity index (χ1v) is 6.71. The number of rotatable bonds is 3. The molecule has 0 saturated carbocycles. The summed E-state index contributed by atoms with van der Waals surface area (Å²) in [6, 6.07) is 13.5. The van der Waals surface area contributed by atoms with Gasteiger partial charge in [0.15, 0.2) is 0 Å². The van der Waals surface area contributed by atoms with E-state index < -0.39 is 0 Å². The normalized spacial score (nSPS) is 11.9. The van der Waals surface area contributed by atoms with Crippen molar-refractivity contribution in [3.63, 3.8) is 0 Å². The summed E-state index contributed by atoms with van der Waals surface area (Å²) in [5.41, 5.74) is 10.2. The van der Waals surface area contributed by atoms with Crippen molar-refractivity contribution in [2.24, 2.45) is 0 Å². The van der Waals surface area contributed by atoms with Crippen molar-refractivity contribution in [1.29, 1.82) is 0 Å². The van der Waals surface area contributed by atoms with E-state index in [1.807, 2.05) is 45.0 Å². The molecule has 2 aromatic carbocycles. The third-order valence-electron chi connectivity index (χ3n) is 3.55. The quantitative estimate of drug-likeness (QED) is 0.838. The Balaban J connectivity index is 2.15. The molecule has 2 aromatic rings. The van der Waals surface area contributed by atoms with Gasteiger partial charge in [-0.25, -0.2) is 0 Å². The zero-order valence-corrected chi connectivity index (χ0v) is 12.1. The number of carbonyl (C=O) groups excluding carboxylic acids is 1. The van der Waals surface area contributed by atoms with Crippen LogP contribution in [0.25, 0.3) is 0 Å². The molecular formula is C17H20N2O. The summed E-state index contributed by atoms with van der Waals surface area (Å²) >= 11 is 0. The molecule has 0 fully saturated rings. The fourth-order valence-electron chi connectivity index (χ4n) is 2.11. The van der Waals surface area contributed by atoms with Crippen molar-refractivity contribution in [2.45, 2.75) is 26.8 Å². The van der Waals surface area contributed by atoms with Gasteiger partial charge >= 0.3 is 0 Å². The molecule has 0 aromatic heterocycles. The van der Waals surface area contributed by atoms with Crippen molar-refractivity contribution in [2.75, 3.05) is 5.73 Å². The number of nitrogen functional groups attached to an aromatic ring is 1. The third kappa shape index (κ3) is 2.99. The second-order valence-corrected chi connectivity index (χ2v) is 5.13. The fraction of sp³-hybridized carbons (Fsp3) is 0.235. The van der Waals surface area contributed by atoms with Gasteiger partial charge in [-0.2, -0.15) is 0 Å². The summed E-state index contributed by atoms with van der Waals surface area (Å²) in [7, 11) is 0. The number of anilines is 1. The lowest BCUT2D eigenvalue weighted by Crippen LogP contribution is -2.27. The standard InChI is InChI=1S/C17H20N2O/c1-11-7-9-14(10-8-11)13(3)19-17(20)15-5-4-6-16(18)12(15)2/h4-10,13H,18H2,1-3H3,(H,19,20)/t13-/m1/s1. The zero-order valence-electron chi connectivity index (χ0n) is 12.1. The number of amides is 1. The molecule has 1 amide bonds. The van der Waals surface area contributed by atoms with E-state index in [1.54, 1.807) is 18.2 Å². The molecule has 0 aliphatic heterocycles.